The number of rotatable bonds is 6. The van der Waals surface area contributed by atoms with E-state index in [1.54, 1.807) is 36.5 Å². The molecule has 37 heavy (non-hydrogen) atoms. The van der Waals surface area contributed by atoms with Gasteiger partial charge in [-0.2, -0.15) is 0 Å². The Kier molecular flexibility index (Phi) is 8.38. The standard InChI is InChI=1S/C28H28ClFN2O5/c1-17(27(34)32(23-10-7-21(29)8-11-23)28(35)37-16-36-18(2)33)19-3-5-20(6-4-19)24-13-14-31-26-12-9-22(30)15-25(24)26/h7-15,17,19-20H,3-6,16H2,1-2H3/t17-,19?,20?/m1/s1. The molecule has 1 atom stereocenters. The number of imide groups is 1. The smallest absolute Gasteiger partial charge is 0.424 e. The van der Waals surface area contributed by atoms with Gasteiger partial charge in [0.05, 0.1) is 11.2 Å². The molecule has 0 N–H and O–H groups in total. The molecule has 1 aromatic heterocycles. The van der Waals surface area contributed by atoms with Gasteiger partial charge in [0.1, 0.15) is 5.82 Å². The maximum atomic E-state index is 13.9. The second-order valence-electron chi connectivity index (χ2n) is 9.28. The summed E-state index contributed by atoms with van der Waals surface area (Å²) in [5, 5.41) is 1.28. The van der Waals surface area contributed by atoms with Gasteiger partial charge in [-0.3, -0.25) is 14.6 Å². The molecule has 0 unspecified atom stereocenters. The monoisotopic (exact) mass is 526 g/mol. The molecular formula is C28H28ClFN2O5. The lowest BCUT2D eigenvalue weighted by Crippen LogP contribution is -2.43. The largest absolute Gasteiger partial charge is 0.428 e. The number of aromatic nitrogens is 1. The van der Waals surface area contributed by atoms with Crippen molar-refractivity contribution < 1.29 is 28.2 Å². The minimum absolute atomic E-state index is 0.0460. The summed E-state index contributed by atoms with van der Waals surface area (Å²) in [6.07, 6.45) is 4.02. The fourth-order valence-corrected chi connectivity index (χ4v) is 5.10. The van der Waals surface area contributed by atoms with Crippen LogP contribution in [-0.2, 0) is 19.1 Å². The molecule has 4 rings (SSSR count). The van der Waals surface area contributed by atoms with E-state index in [0.717, 1.165) is 47.0 Å². The van der Waals surface area contributed by atoms with Crippen LogP contribution in [0, 0.1) is 17.7 Å². The zero-order valence-corrected chi connectivity index (χ0v) is 21.4. The van der Waals surface area contributed by atoms with Crippen molar-refractivity contribution >= 4 is 46.2 Å². The van der Waals surface area contributed by atoms with Crippen LogP contribution in [0.1, 0.15) is 51.0 Å². The molecule has 2 aromatic carbocycles. The van der Waals surface area contributed by atoms with Crippen molar-refractivity contribution in [3.05, 3.63) is 71.1 Å². The second kappa shape index (κ2) is 11.7. The number of ether oxygens (including phenoxy) is 2. The predicted octanol–water partition coefficient (Wildman–Crippen LogP) is 6.63. The highest BCUT2D eigenvalue weighted by Gasteiger charge is 2.36. The number of benzene rings is 2. The van der Waals surface area contributed by atoms with E-state index >= 15 is 0 Å². The Labute approximate surface area is 219 Å². The van der Waals surface area contributed by atoms with E-state index in [-0.39, 0.29) is 17.7 Å². The number of carbonyl (C=O) groups excluding carboxylic acids is 3. The molecule has 1 saturated carbocycles. The van der Waals surface area contributed by atoms with Crippen molar-refractivity contribution in [1.82, 2.24) is 4.98 Å². The number of pyridine rings is 1. The highest BCUT2D eigenvalue weighted by molar-refractivity contribution is 6.30. The zero-order chi connectivity index (χ0) is 26.5. The topological polar surface area (TPSA) is 85.8 Å². The van der Waals surface area contributed by atoms with E-state index in [1.807, 2.05) is 13.0 Å². The molecule has 0 radical (unpaired) electrons. The molecule has 0 spiro atoms. The molecule has 1 fully saturated rings. The van der Waals surface area contributed by atoms with Crippen molar-refractivity contribution in [1.29, 1.82) is 0 Å². The summed E-state index contributed by atoms with van der Waals surface area (Å²) in [7, 11) is 0. The summed E-state index contributed by atoms with van der Waals surface area (Å²) in [5.74, 6) is -1.50. The van der Waals surface area contributed by atoms with Gasteiger partial charge in [0, 0.05) is 29.4 Å². The molecule has 3 aromatic rings. The van der Waals surface area contributed by atoms with E-state index in [2.05, 4.69) is 4.98 Å². The third kappa shape index (κ3) is 6.25. The lowest BCUT2D eigenvalue weighted by molar-refractivity contribution is -0.148. The molecule has 194 valence electrons. The van der Waals surface area contributed by atoms with E-state index in [9.17, 15) is 18.8 Å². The van der Waals surface area contributed by atoms with Gasteiger partial charge in [0.25, 0.3) is 0 Å². The molecule has 0 saturated heterocycles. The molecule has 0 bridgehead atoms. The maximum Gasteiger partial charge on any atom is 0.424 e. The first-order chi connectivity index (χ1) is 17.7. The molecule has 2 amide bonds. The fraction of sp³-hybridized carbons (Fsp3) is 0.357. The van der Waals surface area contributed by atoms with Crippen molar-refractivity contribution in [3.63, 3.8) is 0 Å². The lowest BCUT2D eigenvalue weighted by Gasteiger charge is -2.34. The van der Waals surface area contributed by atoms with E-state index in [4.69, 9.17) is 21.1 Å². The summed E-state index contributed by atoms with van der Waals surface area (Å²) >= 11 is 5.99. The van der Waals surface area contributed by atoms with Gasteiger partial charge in [0.2, 0.25) is 12.7 Å². The van der Waals surface area contributed by atoms with Crippen LogP contribution in [0.25, 0.3) is 10.9 Å². The average molecular weight is 527 g/mol. The number of esters is 1. The molecule has 1 heterocycles. The van der Waals surface area contributed by atoms with Crippen LogP contribution >= 0.6 is 11.6 Å². The normalized spacial score (nSPS) is 18.2. The van der Waals surface area contributed by atoms with Crippen LogP contribution in [0.15, 0.2) is 54.7 Å². The highest BCUT2D eigenvalue weighted by Crippen LogP contribution is 2.41. The van der Waals surface area contributed by atoms with E-state index in [0.29, 0.717) is 10.7 Å². The first-order valence-corrected chi connectivity index (χ1v) is 12.6. The predicted molar refractivity (Wildman–Crippen MR) is 138 cm³/mol. The number of amides is 2. The van der Waals surface area contributed by atoms with Gasteiger partial charge in [-0.05, 0) is 91.6 Å². The van der Waals surface area contributed by atoms with Gasteiger partial charge in [0.15, 0.2) is 0 Å². The molecule has 9 heteroatoms. The van der Waals surface area contributed by atoms with Crippen LogP contribution in [0.2, 0.25) is 5.02 Å². The summed E-state index contributed by atoms with van der Waals surface area (Å²) in [6.45, 7) is 2.41. The summed E-state index contributed by atoms with van der Waals surface area (Å²) < 4.78 is 23.7. The molecular weight excluding hydrogens is 499 g/mol. The van der Waals surface area contributed by atoms with Gasteiger partial charge in [-0.1, -0.05) is 18.5 Å². The first kappa shape index (κ1) is 26.5. The van der Waals surface area contributed by atoms with E-state index in [1.165, 1.54) is 19.1 Å². The molecule has 7 nitrogen and oxygen atoms in total. The number of halogens is 2. The Bertz CT molecular complexity index is 1290. The highest BCUT2D eigenvalue weighted by atomic mass is 35.5. The summed E-state index contributed by atoms with van der Waals surface area (Å²) in [4.78, 5) is 42.8. The Morgan fingerprint density at radius 2 is 1.76 bits per heavy atom. The van der Waals surface area contributed by atoms with Gasteiger partial charge in [-0.25, -0.2) is 14.1 Å². The number of hydrogen-bond acceptors (Lipinski definition) is 6. The average Bonchev–Trinajstić information content (AvgIpc) is 2.89. The van der Waals surface area contributed by atoms with Crippen molar-refractivity contribution in [3.8, 4) is 0 Å². The third-order valence-electron chi connectivity index (χ3n) is 6.98. The molecule has 1 aliphatic rings. The Morgan fingerprint density at radius 1 is 1.05 bits per heavy atom. The minimum Gasteiger partial charge on any atom is -0.428 e. The van der Waals surface area contributed by atoms with Gasteiger partial charge >= 0.3 is 12.1 Å². The molecule has 0 aliphatic heterocycles. The SMILES string of the molecule is CC(=O)OCOC(=O)N(C(=O)[C@H](C)C1CCC(c2ccnc3ccc(F)cc23)CC1)c1ccc(Cl)cc1. The number of hydrogen-bond donors (Lipinski definition) is 0. The minimum atomic E-state index is -0.931. The van der Waals surface area contributed by atoms with Crippen LogP contribution in [-0.4, -0.2) is 29.7 Å². The Balaban J connectivity index is 1.47. The molecule has 1 aliphatic carbocycles. The quantitative estimate of drug-likeness (QED) is 0.265. The number of anilines is 1. The van der Waals surface area contributed by atoms with Crippen LogP contribution in [0.4, 0.5) is 14.9 Å². The van der Waals surface area contributed by atoms with Crippen LogP contribution in [0.5, 0.6) is 0 Å². The Hall–Kier alpha value is -3.52. The van der Waals surface area contributed by atoms with Gasteiger partial charge < -0.3 is 9.47 Å². The zero-order valence-electron chi connectivity index (χ0n) is 20.7. The van der Waals surface area contributed by atoms with Crippen molar-refractivity contribution in [2.45, 2.75) is 45.4 Å². The van der Waals surface area contributed by atoms with Crippen molar-refractivity contribution in [2.75, 3.05) is 11.7 Å². The Morgan fingerprint density at radius 3 is 2.43 bits per heavy atom. The maximum absolute atomic E-state index is 13.9. The summed E-state index contributed by atoms with van der Waals surface area (Å²) in [5.41, 5.74) is 2.14. The number of nitrogens with zero attached hydrogens (tertiary/aromatic N) is 2. The third-order valence-corrected chi connectivity index (χ3v) is 7.23. The van der Waals surface area contributed by atoms with Crippen LogP contribution < -0.4 is 4.90 Å². The van der Waals surface area contributed by atoms with Gasteiger partial charge in [-0.15, -0.1) is 0 Å². The lowest BCUT2D eigenvalue weighted by atomic mass is 9.73. The van der Waals surface area contributed by atoms with Crippen molar-refractivity contribution in [2.24, 2.45) is 11.8 Å². The number of carbonyl (C=O) groups is 3. The van der Waals surface area contributed by atoms with Crippen LogP contribution in [0.3, 0.4) is 0 Å². The summed E-state index contributed by atoms with van der Waals surface area (Å²) in [6, 6.07) is 12.8. The van der Waals surface area contributed by atoms with E-state index < -0.39 is 30.7 Å². The first-order valence-electron chi connectivity index (χ1n) is 12.2. The number of fused-ring (bicyclic) bond motifs is 1. The second-order valence-corrected chi connectivity index (χ2v) is 9.71. The fourth-order valence-electron chi connectivity index (χ4n) is 4.97.